The summed E-state index contributed by atoms with van der Waals surface area (Å²) in [6.45, 7) is 2.80. The molecule has 0 atom stereocenters. The first kappa shape index (κ1) is 16.7. The van der Waals surface area contributed by atoms with E-state index < -0.39 is 0 Å². The Kier molecular flexibility index (Phi) is 6.13. The molecule has 0 saturated heterocycles. The van der Waals surface area contributed by atoms with E-state index in [9.17, 15) is 9.90 Å². The molecule has 0 aliphatic heterocycles. The number of amides is 1. The lowest BCUT2D eigenvalue weighted by molar-refractivity contribution is 0.0953. The van der Waals surface area contributed by atoms with Gasteiger partial charge in [0.15, 0.2) is 11.5 Å². The Labute approximate surface area is 136 Å². The Morgan fingerprint density at radius 1 is 1.41 bits per heavy atom. The van der Waals surface area contributed by atoms with Crippen molar-refractivity contribution in [3.63, 3.8) is 0 Å². The Balaban J connectivity index is 1.95. The van der Waals surface area contributed by atoms with E-state index in [1.165, 1.54) is 30.5 Å². The number of phenols is 1. The normalized spacial score (nSPS) is 14.4. The van der Waals surface area contributed by atoms with E-state index in [-0.39, 0.29) is 22.4 Å². The Bertz CT molecular complexity index is 569. The molecule has 0 saturated carbocycles. The summed E-state index contributed by atoms with van der Waals surface area (Å²) < 4.78 is 5.28. The average molecular weight is 324 g/mol. The molecule has 120 valence electrons. The van der Waals surface area contributed by atoms with Gasteiger partial charge in [-0.3, -0.25) is 4.79 Å². The zero-order chi connectivity index (χ0) is 15.9. The number of phenolic OH excluding ortho intramolecular Hbond substituents is 1. The fourth-order valence-electron chi connectivity index (χ4n) is 2.54. The molecule has 1 aliphatic carbocycles. The minimum absolute atomic E-state index is 0.117. The van der Waals surface area contributed by atoms with Crippen LogP contribution in [0.4, 0.5) is 0 Å². The third kappa shape index (κ3) is 4.41. The fourth-order valence-corrected chi connectivity index (χ4v) is 2.75. The summed E-state index contributed by atoms with van der Waals surface area (Å²) in [5, 5.41) is 12.8. The molecule has 1 aromatic rings. The van der Waals surface area contributed by atoms with E-state index in [2.05, 4.69) is 11.4 Å². The van der Waals surface area contributed by atoms with Gasteiger partial charge >= 0.3 is 0 Å². The number of carbonyl (C=O) groups is 1. The molecule has 0 spiro atoms. The molecule has 2 rings (SSSR count). The van der Waals surface area contributed by atoms with E-state index in [0.29, 0.717) is 18.7 Å². The van der Waals surface area contributed by atoms with Gasteiger partial charge in [-0.15, -0.1) is 0 Å². The Morgan fingerprint density at radius 3 is 2.91 bits per heavy atom. The van der Waals surface area contributed by atoms with E-state index >= 15 is 0 Å². The molecular weight excluding hydrogens is 302 g/mol. The van der Waals surface area contributed by atoms with Crippen LogP contribution >= 0.6 is 11.6 Å². The van der Waals surface area contributed by atoms with Crippen LogP contribution in [0.3, 0.4) is 0 Å². The van der Waals surface area contributed by atoms with Crippen LogP contribution in [0.15, 0.2) is 23.8 Å². The van der Waals surface area contributed by atoms with Gasteiger partial charge in [-0.2, -0.15) is 0 Å². The summed E-state index contributed by atoms with van der Waals surface area (Å²) in [6.07, 6.45) is 7.95. The quantitative estimate of drug-likeness (QED) is 0.776. The molecule has 1 aromatic carbocycles. The topological polar surface area (TPSA) is 58.6 Å². The first-order valence-corrected chi connectivity index (χ1v) is 8.11. The fraction of sp³-hybridized carbons (Fsp3) is 0.471. The van der Waals surface area contributed by atoms with Crippen LogP contribution in [0, 0.1) is 0 Å². The summed E-state index contributed by atoms with van der Waals surface area (Å²) >= 11 is 5.94. The van der Waals surface area contributed by atoms with E-state index in [1.807, 2.05) is 0 Å². The van der Waals surface area contributed by atoms with Crippen molar-refractivity contribution in [1.82, 2.24) is 5.32 Å². The second kappa shape index (κ2) is 8.08. The van der Waals surface area contributed by atoms with Gasteiger partial charge in [0.2, 0.25) is 0 Å². The lowest BCUT2D eigenvalue weighted by atomic mass is 9.97. The molecule has 1 aliphatic rings. The minimum atomic E-state index is -0.209. The highest BCUT2D eigenvalue weighted by Gasteiger charge is 2.14. The van der Waals surface area contributed by atoms with Crippen molar-refractivity contribution >= 4 is 17.5 Å². The summed E-state index contributed by atoms with van der Waals surface area (Å²) in [5.74, 6) is -0.109. The molecule has 22 heavy (non-hydrogen) atoms. The van der Waals surface area contributed by atoms with E-state index in [4.69, 9.17) is 16.3 Å². The number of allylic oxidation sites excluding steroid dienone is 1. The number of halogens is 1. The van der Waals surface area contributed by atoms with Gasteiger partial charge in [-0.25, -0.2) is 0 Å². The van der Waals surface area contributed by atoms with Crippen LogP contribution in [-0.2, 0) is 0 Å². The molecule has 0 aromatic heterocycles. The van der Waals surface area contributed by atoms with Crippen LogP contribution in [0.5, 0.6) is 11.5 Å². The molecule has 1 amide bonds. The zero-order valence-electron chi connectivity index (χ0n) is 12.8. The van der Waals surface area contributed by atoms with Gasteiger partial charge < -0.3 is 15.2 Å². The summed E-state index contributed by atoms with van der Waals surface area (Å²) in [5.41, 5.74) is 1.81. The van der Waals surface area contributed by atoms with Gasteiger partial charge in [0.1, 0.15) is 0 Å². The largest absolute Gasteiger partial charge is 0.503 e. The van der Waals surface area contributed by atoms with Crippen molar-refractivity contribution in [1.29, 1.82) is 0 Å². The smallest absolute Gasteiger partial charge is 0.251 e. The van der Waals surface area contributed by atoms with Crippen molar-refractivity contribution in [2.75, 3.05) is 13.2 Å². The number of hydrogen-bond donors (Lipinski definition) is 2. The molecular formula is C17H22ClNO3. The maximum absolute atomic E-state index is 12.2. The number of carbonyl (C=O) groups excluding carboxylic acids is 1. The molecule has 5 heteroatoms. The number of nitrogens with one attached hydrogen (secondary N) is 1. The van der Waals surface area contributed by atoms with Gasteiger partial charge in [0.25, 0.3) is 5.91 Å². The predicted molar refractivity (Wildman–Crippen MR) is 87.8 cm³/mol. The minimum Gasteiger partial charge on any atom is -0.503 e. The SMILES string of the molecule is CCOc1cc(C(=O)NCCC2=CCCCC2)cc(Cl)c1O. The molecule has 0 fully saturated rings. The predicted octanol–water partition coefficient (Wildman–Crippen LogP) is 4.06. The maximum atomic E-state index is 12.2. The van der Waals surface area contributed by atoms with Gasteiger partial charge in [-0.1, -0.05) is 23.3 Å². The summed E-state index contributed by atoms with van der Waals surface area (Å²) in [7, 11) is 0. The van der Waals surface area contributed by atoms with Gasteiger partial charge in [0.05, 0.1) is 11.6 Å². The Hall–Kier alpha value is -1.68. The molecule has 0 heterocycles. The van der Waals surface area contributed by atoms with Crippen molar-refractivity contribution in [3.8, 4) is 11.5 Å². The van der Waals surface area contributed by atoms with E-state index in [1.54, 1.807) is 6.92 Å². The van der Waals surface area contributed by atoms with Crippen LogP contribution < -0.4 is 10.1 Å². The Morgan fingerprint density at radius 2 is 2.23 bits per heavy atom. The van der Waals surface area contributed by atoms with Gasteiger partial charge in [0, 0.05) is 12.1 Å². The van der Waals surface area contributed by atoms with Crippen molar-refractivity contribution < 1.29 is 14.6 Å². The average Bonchev–Trinajstić information content (AvgIpc) is 2.52. The van der Waals surface area contributed by atoms with Crippen molar-refractivity contribution in [2.24, 2.45) is 0 Å². The third-order valence-corrected chi connectivity index (χ3v) is 4.00. The molecule has 0 bridgehead atoms. The zero-order valence-corrected chi connectivity index (χ0v) is 13.6. The number of hydrogen-bond acceptors (Lipinski definition) is 3. The third-order valence-electron chi connectivity index (χ3n) is 3.71. The molecule has 2 N–H and O–H groups in total. The van der Waals surface area contributed by atoms with Gasteiger partial charge in [-0.05, 0) is 51.2 Å². The standard InChI is InChI=1S/C17H22ClNO3/c1-2-22-15-11-13(10-14(18)16(15)20)17(21)19-9-8-12-6-4-3-5-7-12/h6,10-11,20H,2-5,7-9H2,1H3,(H,19,21). The molecule has 0 unspecified atom stereocenters. The number of aromatic hydroxyl groups is 1. The van der Waals surface area contributed by atoms with Crippen LogP contribution in [0.25, 0.3) is 0 Å². The summed E-state index contributed by atoms with van der Waals surface area (Å²) in [4.78, 5) is 12.2. The first-order chi connectivity index (χ1) is 10.6. The molecule has 4 nitrogen and oxygen atoms in total. The van der Waals surface area contributed by atoms with Crippen LogP contribution in [-0.4, -0.2) is 24.2 Å². The second-order valence-electron chi connectivity index (χ2n) is 5.35. The van der Waals surface area contributed by atoms with Crippen LogP contribution in [0.1, 0.15) is 49.4 Å². The van der Waals surface area contributed by atoms with Crippen molar-refractivity contribution in [2.45, 2.75) is 39.0 Å². The number of ether oxygens (including phenoxy) is 1. The lowest BCUT2D eigenvalue weighted by Crippen LogP contribution is -2.25. The maximum Gasteiger partial charge on any atom is 0.251 e. The number of benzene rings is 1. The highest BCUT2D eigenvalue weighted by molar-refractivity contribution is 6.32. The molecule has 0 radical (unpaired) electrons. The monoisotopic (exact) mass is 323 g/mol. The highest BCUT2D eigenvalue weighted by Crippen LogP contribution is 2.35. The highest BCUT2D eigenvalue weighted by atomic mass is 35.5. The number of rotatable bonds is 6. The second-order valence-corrected chi connectivity index (χ2v) is 5.76. The van der Waals surface area contributed by atoms with Crippen LogP contribution in [0.2, 0.25) is 5.02 Å². The van der Waals surface area contributed by atoms with E-state index in [0.717, 1.165) is 19.3 Å². The summed E-state index contributed by atoms with van der Waals surface area (Å²) in [6, 6.07) is 2.97. The van der Waals surface area contributed by atoms with Crippen molar-refractivity contribution in [3.05, 3.63) is 34.4 Å². The lowest BCUT2D eigenvalue weighted by Gasteiger charge is -2.13. The first-order valence-electron chi connectivity index (χ1n) is 7.73.